The summed E-state index contributed by atoms with van der Waals surface area (Å²) in [6, 6.07) is 6.60. The SMILES string of the molecule is CC(C)n1c(SCC2(C)NC(=O)NC2=O)nc2ccccc2c1=O. The minimum atomic E-state index is -1.02. The van der Waals surface area contributed by atoms with Crippen molar-refractivity contribution in [3.63, 3.8) is 0 Å². The Morgan fingerprint density at radius 3 is 2.58 bits per heavy atom. The fraction of sp³-hybridized carbons (Fsp3) is 0.375. The maximum atomic E-state index is 12.7. The Hall–Kier alpha value is -2.35. The minimum Gasteiger partial charge on any atom is -0.323 e. The molecule has 3 rings (SSSR count). The lowest BCUT2D eigenvalue weighted by molar-refractivity contribution is -0.122. The van der Waals surface area contributed by atoms with Gasteiger partial charge in [-0.15, -0.1) is 0 Å². The predicted octanol–water partition coefficient (Wildman–Crippen LogP) is 1.67. The molecule has 1 fully saturated rings. The molecule has 1 aliphatic rings. The number of nitrogens with one attached hydrogen (secondary N) is 2. The molecule has 1 aromatic carbocycles. The monoisotopic (exact) mass is 346 g/mol. The van der Waals surface area contributed by atoms with Crippen molar-refractivity contribution in [3.05, 3.63) is 34.6 Å². The summed E-state index contributed by atoms with van der Waals surface area (Å²) in [5.74, 6) is -0.0959. The third-order valence-electron chi connectivity index (χ3n) is 3.90. The lowest BCUT2D eigenvalue weighted by Gasteiger charge is -2.21. The van der Waals surface area contributed by atoms with Crippen LogP contribution in [-0.2, 0) is 4.79 Å². The quantitative estimate of drug-likeness (QED) is 0.499. The van der Waals surface area contributed by atoms with E-state index in [-0.39, 0.29) is 23.3 Å². The smallest absolute Gasteiger partial charge is 0.322 e. The van der Waals surface area contributed by atoms with Crippen LogP contribution in [0.2, 0.25) is 0 Å². The number of rotatable bonds is 4. The normalized spacial score (nSPS) is 20.5. The molecule has 0 radical (unpaired) electrons. The van der Waals surface area contributed by atoms with Gasteiger partial charge in [-0.05, 0) is 32.9 Å². The van der Waals surface area contributed by atoms with E-state index in [4.69, 9.17) is 0 Å². The largest absolute Gasteiger partial charge is 0.323 e. The summed E-state index contributed by atoms with van der Waals surface area (Å²) in [6.45, 7) is 5.47. The zero-order valence-corrected chi connectivity index (χ0v) is 14.4. The molecule has 8 heteroatoms. The average Bonchev–Trinajstić information content (AvgIpc) is 2.78. The van der Waals surface area contributed by atoms with Gasteiger partial charge in [0.15, 0.2) is 5.16 Å². The van der Waals surface area contributed by atoms with Crippen LogP contribution in [0.3, 0.4) is 0 Å². The molecule has 2 heterocycles. The Kier molecular flexibility index (Phi) is 4.08. The zero-order chi connectivity index (χ0) is 17.5. The van der Waals surface area contributed by atoms with Gasteiger partial charge in [0.2, 0.25) is 0 Å². The molecule has 7 nitrogen and oxygen atoms in total. The van der Waals surface area contributed by atoms with E-state index in [1.54, 1.807) is 23.6 Å². The molecule has 2 aromatic rings. The van der Waals surface area contributed by atoms with Crippen molar-refractivity contribution in [1.82, 2.24) is 20.2 Å². The van der Waals surface area contributed by atoms with Crippen molar-refractivity contribution in [2.24, 2.45) is 0 Å². The van der Waals surface area contributed by atoms with Crippen LogP contribution < -0.4 is 16.2 Å². The van der Waals surface area contributed by atoms with Crippen LogP contribution in [0.1, 0.15) is 26.8 Å². The number of nitrogens with zero attached hydrogens (tertiary/aromatic N) is 2. The highest BCUT2D eigenvalue weighted by Gasteiger charge is 2.42. The summed E-state index contributed by atoms with van der Waals surface area (Å²) in [5.41, 5.74) is -0.512. The molecular weight excluding hydrogens is 328 g/mol. The number of imide groups is 1. The van der Waals surface area contributed by atoms with Gasteiger partial charge in [0, 0.05) is 11.8 Å². The first-order chi connectivity index (χ1) is 11.3. The molecule has 126 valence electrons. The van der Waals surface area contributed by atoms with Gasteiger partial charge in [-0.3, -0.25) is 19.5 Å². The Bertz CT molecular complexity index is 893. The van der Waals surface area contributed by atoms with Crippen LogP contribution in [0.25, 0.3) is 10.9 Å². The molecule has 24 heavy (non-hydrogen) atoms. The molecule has 1 aliphatic heterocycles. The highest BCUT2D eigenvalue weighted by atomic mass is 32.2. The van der Waals surface area contributed by atoms with Gasteiger partial charge < -0.3 is 5.32 Å². The van der Waals surface area contributed by atoms with Gasteiger partial charge >= 0.3 is 6.03 Å². The molecule has 1 aromatic heterocycles. The lowest BCUT2D eigenvalue weighted by atomic mass is 10.1. The summed E-state index contributed by atoms with van der Waals surface area (Å²) in [5, 5.41) is 5.94. The molecule has 1 unspecified atom stereocenters. The molecule has 0 aliphatic carbocycles. The topological polar surface area (TPSA) is 93.1 Å². The standard InChI is InChI=1S/C16H18N4O3S/c1-9(2)20-12(21)10-6-4-5-7-11(10)17-15(20)24-8-16(3)13(22)18-14(23)19-16/h4-7,9H,8H2,1-3H3,(H2,18,19,22,23). The maximum absolute atomic E-state index is 12.7. The van der Waals surface area contributed by atoms with E-state index in [2.05, 4.69) is 15.6 Å². The molecule has 3 amide bonds. The summed E-state index contributed by atoms with van der Waals surface area (Å²) < 4.78 is 1.62. The van der Waals surface area contributed by atoms with E-state index in [1.165, 1.54) is 11.8 Å². The van der Waals surface area contributed by atoms with Crippen LogP contribution in [-0.4, -0.2) is 32.8 Å². The molecular formula is C16H18N4O3S. The van der Waals surface area contributed by atoms with Crippen LogP contribution in [0.4, 0.5) is 4.79 Å². The van der Waals surface area contributed by atoms with Crippen molar-refractivity contribution < 1.29 is 9.59 Å². The lowest BCUT2D eigenvalue weighted by Crippen LogP contribution is -2.46. The Balaban J connectivity index is 2.00. The predicted molar refractivity (Wildman–Crippen MR) is 92.2 cm³/mol. The van der Waals surface area contributed by atoms with Crippen molar-refractivity contribution >= 4 is 34.6 Å². The van der Waals surface area contributed by atoms with Gasteiger partial charge in [-0.25, -0.2) is 9.78 Å². The molecule has 0 saturated carbocycles. The first kappa shape index (κ1) is 16.5. The molecule has 0 bridgehead atoms. The number of hydrogen-bond acceptors (Lipinski definition) is 5. The highest BCUT2D eigenvalue weighted by Crippen LogP contribution is 2.25. The summed E-state index contributed by atoms with van der Waals surface area (Å²) in [7, 11) is 0. The third kappa shape index (κ3) is 2.77. The Morgan fingerprint density at radius 2 is 1.96 bits per heavy atom. The fourth-order valence-electron chi connectivity index (χ4n) is 2.57. The number of amides is 3. The summed E-state index contributed by atoms with van der Waals surface area (Å²) >= 11 is 1.28. The first-order valence-corrected chi connectivity index (χ1v) is 8.58. The average molecular weight is 346 g/mol. The van der Waals surface area contributed by atoms with E-state index < -0.39 is 11.6 Å². The first-order valence-electron chi connectivity index (χ1n) is 7.59. The van der Waals surface area contributed by atoms with Crippen LogP contribution in [0.15, 0.2) is 34.2 Å². The molecule has 1 atom stereocenters. The number of hydrogen-bond donors (Lipinski definition) is 2. The van der Waals surface area contributed by atoms with Crippen molar-refractivity contribution in [1.29, 1.82) is 0 Å². The number of benzene rings is 1. The van der Waals surface area contributed by atoms with Gasteiger partial charge in [0.25, 0.3) is 11.5 Å². The van der Waals surface area contributed by atoms with E-state index in [1.807, 2.05) is 26.0 Å². The van der Waals surface area contributed by atoms with Crippen LogP contribution in [0, 0.1) is 0 Å². The van der Waals surface area contributed by atoms with Crippen molar-refractivity contribution in [3.8, 4) is 0 Å². The van der Waals surface area contributed by atoms with E-state index in [0.29, 0.717) is 16.1 Å². The van der Waals surface area contributed by atoms with E-state index in [9.17, 15) is 14.4 Å². The van der Waals surface area contributed by atoms with Gasteiger partial charge in [-0.1, -0.05) is 23.9 Å². The van der Waals surface area contributed by atoms with Gasteiger partial charge in [0.1, 0.15) is 5.54 Å². The Morgan fingerprint density at radius 1 is 1.25 bits per heavy atom. The number of carbonyl (C=O) groups is 2. The Labute approximate surface area is 142 Å². The molecule has 0 spiro atoms. The van der Waals surface area contributed by atoms with Crippen molar-refractivity contribution in [2.45, 2.75) is 37.5 Å². The second-order valence-corrected chi connectivity index (χ2v) is 7.15. The number of fused-ring (bicyclic) bond motifs is 1. The second kappa shape index (κ2) is 5.94. The zero-order valence-electron chi connectivity index (χ0n) is 13.6. The number of thioether (sulfide) groups is 1. The second-order valence-electron chi connectivity index (χ2n) is 6.21. The summed E-state index contributed by atoms with van der Waals surface area (Å²) in [4.78, 5) is 40.6. The minimum absolute atomic E-state index is 0.0723. The van der Waals surface area contributed by atoms with E-state index >= 15 is 0 Å². The number of aromatic nitrogens is 2. The number of carbonyl (C=O) groups excluding carboxylic acids is 2. The molecule has 1 saturated heterocycles. The van der Waals surface area contributed by atoms with Crippen LogP contribution in [0.5, 0.6) is 0 Å². The molecule has 2 N–H and O–H groups in total. The maximum Gasteiger partial charge on any atom is 0.322 e. The summed E-state index contributed by atoms with van der Waals surface area (Å²) in [6.07, 6.45) is 0. The van der Waals surface area contributed by atoms with Crippen molar-refractivity contribution in [2.75, 3.05) is 5.75 Å². The van der Waals surface area contributed by atoms with Crippen LogP contribution >= 0.6 is 11.8 Å². The third-order valence-corrected chi connectivity index (χ3v) is 5.17. The highest BCUT2D eigenvalue weighted by molar-refractivity contribution is 7.99. The number of urea groups is 1. The van der Waals surface area contributed by atoms with Gasteiger partial charge in [0.05, 0.1) is 10.9 Å². The van der Waals surface area contributed by atoms with Gasteiger partial charge in [-0.2, -0.15) is 0 Å². The van der Waals surface area contributed by atoms with E-state index in [0.717, 1.165) is 0 Å². The fourth-order valence-corrected chi connectivity index (χ4v) is 3.79. The number of para-hydroxylation sites is 1.